The first-order chi connectivity index (χ1) is 9.06. The molecule has 0 saturated heterocycles. The van der Waals surface area contributed by atoms with Gasteiger partial charge in [-0.3, -0.25) is 4.68 Å². The number of aromatic nitrogens is 2. The summed E-state index contributed by atoms with van der Waals surface area (Å²) in [7, 11) is 0. The Bertz CT molecular complexity index is 619. The van der Waals surface area contributed by atoms with Crippen molar-refractivity contribution in [2.45, 2.75) is 25.8 Å². The minimum Gasteiger partial charge on any atom is -0.396 e. The van der Waals surface area contributed by atoms with E-state index in [1.165, 1.54) is 25.0 Å². The van der Waals surface area contributed by atoms with Crippen LogP contribution in [0.5, 0.6) is 0 Å². The smallest absolute Gasteiger partial charge is 0.124 e. The van der Waals surface area contributed by atoms with Gasteiger partial charge in [-0.05, 0) is 43.9 Å². The Kier molecular flexibility index (Phi) is 2.97. The van der Waals surface area contributed by atoms with E-state index in [4.69, 9.17) is 17.3 Å². The van der Waals surface area contributed by atoms with Crippen molar-refractivity contribution in [2.75, 3.05) is 5.73 Å². The SMILES string of the molecule is CC(C1CC1)n1cc(N)c(-c2ccc(F)cc2Cl)n1. The minimum atomic E-state index is -0.363. The van der Waals surface area contributed by atoms with E-state index in [-0.39, 0.29) is 5.82 Å². The van der Waals surface area contributed by atoms with Crippen LogP contribution in [0.3, 0.4) is 0 Å². The molecule has 2 aromatic rings. The average molecular weight is 280 g/mol. The average Bonchev–Trinajstić information content (AvgIpc) is 3.13. The van der Waals surface area contributed by atoms with Gasteiger partial charge in [0, 0.05) is 11.8 Å². The molecule has 1 aromatic heterocycles. The molecular formula is C14H15ClFN3. The first kappa shape index (κ1) is 12.5. The van der Waals surface area contributed by atoms with Gasteiger partial charge in [0.05, 0.1) is 16.8 Å². The van der Waals surface area contributed by atoms with Crippen LogP contribution < -0.4 is 5.73 Å². The van der Waals surface area contributed by atoms with Crippen LogP contribution in [0.2, 0.25) is 5.02 Å². The second-order valence-electron chi connectivity index (χ2n) is 5.12. The lowest BCUT2D eigenvalue weighted by atomic mass is 10.1. The molecule has 1 aromatic carbocycles. The van der Waals surface area contributed by atoms with Crippen molar-refractivity contribution in [3.05, 3.63) is 35.2 Å². The fourth-order valence-electron chi connectivity index (χ4n) is 2.30. The maximum absolute atomic E-state index is 13.1. The standard InChI is InChI=1S/C14H15ClFN3/c1-8(9-2-3-9)19-7-13(17)14(18-19)11-5-4-10(16)6-12(11)15/h4-9H,2-3,17H2,1H3. The molecule has 0 aliphatic heterocycles. The van der Waals surface area contributed by atoms with Crippen LogP contribution in [0.15, 0.2) is 24.4 Å². The normalized spacial score (nSPS) is 16.6. The zero-order valence-electron chi connectivity index (χ0n) is 10.6. The van der Waals surface area contributed by atoms with Crippen LogP contribution in [0.1, 0.15) is 25.8 Å². The molecule has 0 bridgehead atoms. The predicted octanol–water partition coefficient (Wildman–Crippen LogP) is 3.90. The molecule has 1 aliphatic carbocycles. The molecule has 5 heteroatoms. The highest BCUT2D eigenvalue weighted by molar-refractivity contribution is 6.33. The van der Waals surface area contributed by atoms with Gasteiger partial charge in [-0.15, -0.1) is 0 Å². The number of nitrogens with two attached hydrogens (primary N) is 1. The highest BCUT2D eigenvalue weighted by atomic mass is 35.5. The highest BCUT2D eigenvalue weighted by Crippen LogP contribution is 2.40. The van der Waals surface area contributed by atoms with Crippen molar-refractivity contribution in [3.63, 3.8) is 0 Å². The largest absolute Gasteiger partial charge is 0.396 e. The van der Waals surface area contributed by atoms with Crippen LogP contribution in [-0.4, -0.2) is 9.78 Å². The predicted molar refractivity (Wildman–Crippen MR) is 74.5 cm³/mol. The molecule has 1 saturated carbocycles. The van der Waals surface area contributed by atoms with Crippen LogP contribution in [-0.2, 0) is 0 Å². The third kappa shape index (κ3) is 2.32. The van der Waals surface area contributed by atoms with E-state index < -0.39 is 0 Å². The Balaban J connectivity index is 2.00. The van der Waals surface area contributed by atoms with Gasteiger partial charge in [-0.1, -0.05) is 11.6 Å². The number of halogens is 2. The topological polar surface area (TPSA) is 43.8 Å². The molecule has 1 aliphatic rings. The second kappa shape index (κ2) is 4.53. The fourth-order valence-corrected chi connectivity index (χ4v) is 2.56. The van der Waals surface area contributed by atoms with Gasteiger partial charge >= 0.3 is 0 Å². The Hall–Kier alpha value is -1.55. The lowest BCUT2D eigenvalue weighted by Crippen LogP contribution is -2.07. The van der Waals surface area contributed by atoms with Crippen LogP contribution >= 0.6 is 11.6 Å². The van der Waals surface area contributed by atoms with E-state index in [2.05, 4.69) is 12.0 Å². The Labute approximate surface area is 116 Å². The lowest BCUT2D eigenvalue weighted by Gasteiger charge is -2.09. The van der Waals surface area contributed by atoms with Gasteiger partial charge in [0.2, 0.25) is 0 Å². The monoisotopic (exact) mass is 279 g/mol. The molecule has 1 unspecified atom stereocenters. The van der Waals surface area contributed by atoms with Gasteiger partial charge in [-0.2, -0.15) is 5.10 Å². The Morgan fingerprint density at radius 1 is 1.47 bits per heavy atom. The molecule has 0 radical (unpaired) electrons. The summed E-state index contributed by atoms with van der Waals surface area (Å²) in [6.45, 7) is 2.14. The summed E-state index contributed by atoms with van der Waals surface area (Å²) >= 11 is 6.05. The third-order valence-electron chi connectivity index (χ3n) is 3.67. The number of benzene rings is 1. The first-order valence-electron chi connectivity index (χ1n) is 6.36. The van der Waals surface area contributed by atoms with Crippen LogP contribution in [0, 0.1) is 11.7 Å². The van der Waals surface area contributed by atoms with Crippen LogP contribution in [0.25, 0.3) is 11.3 Å². The molecular weight excluding hydrogens is 265 g/mol. The number of hydrogen-bond donors (Lipinski definition) is 1. The van der Waals surface area contributed by atoms with Crippen molar-refractivity contribution in [3.8, 4) is 11.3 Å². The quantitative estimate of drug-likeness (QED) is 0.926. The van der Waals surface area contributed by atoms with E-state index in [1.54, 1.807) is 6.07 Å². The highest BCUT2D eigenvalue weighted by Gasteiger charge is 2.30. The van der Waals surface area contributed by atoms with E-state index >= 15 is 0 Å². The molecule has 1 atom stereocenters. The zero-order chi connectivity index (χ0) is 13.6. The molecule has 1 heterocycles. The van der Waals surface area contributed by atoms with Gasteiger partial charge in [0.15, 0.2) is 0 Å². The maximum atomic E-state index is 13.1. The van der Waals surface area contributed by atoms with Crippen molar-refractivity contribution < 1.29 is 4.39 Å². The molecule has 1 fully saturated rings. The summed E-state index contributed by atoms with van der Waals surface area (Å²) < 4.78 is 15.0. The van der Waals surface area contributed by atoms with Crippen LogP contribution in [0.4, 0.5) is 10.1 Å². The van der Waals surface area contributed by atoms with Gasteiger partial charge < -0.3 is 5.73 Å². The van der Waals surface area contributed by atoms with Crippen molar-refractivity contribution in [1.29, 1.82) is 0 Å². The zero-order valence-corrected chi connectivity index (χ0v) is 11.4. The molecule has 0 amide bonds. The summed E-state index contributed by atoms with van der Waals surface area (Å²) in [6.07, 6.45) is 4.32. The number of nitrogen functional groups attached to an aromatic ring is 1. The summed E-state index contributed by atoms with van der Waals surface area (Å²) in [4.78, 5) is 0. The van der Waals surface area contributed by atoms with Gasteiger partial charge in [-0.25, -0.2) is 4.39 Å². The molecule has 2 N–H and O–H groups in total. The van der Waals surface area contributed by atoms with E-state index in [1.807, 2.05) is 10.9 Å². The van der Waals surface area contributed by atoms with Crippen molar-refractivity contribution >= 4 is 17.3 Å². The molecule has 0 spiro atoms. The molecule has 3 nitrogen and oxygen atoms in total. The lowest BCUT2D eigenvalue weighted by molar-refractivity contribution is 0.441. The number of nitrogens with zero attached hydrogens (tertiary/aromatic N) is 2. The van der Waals surface area contributed by atoms with Gasteiger partial charge in [0.25, 0.3) is 0 Å². The molecule has 3 rings (SSSR count). The third-order valence-corrected chi connectivity index (χ3v) is 3.98. The molecule has 100 valence electrons. The number of anilines is 1. The fraction of sp³-hybridized carbons (Fsp3) is 0.357. The minimum absolute atomic E-state index is 0.330. The summed E-state index contributed by atoms with van der Waals surface area (Å²) in [5.74, 6) is 0.328. The number of hydrogen-bond acceptors (Lipinski definition) is 2. The van der Waals surface area contributed by atoms with E-state index in [0.717, 1.165) is 0 Å². The second-order valence-corrected chi connectivity index (χ2v) is 5.52. The number of rotatable bonds is 3. The van der Waals surface area contributed by atoms with E-state index in [0.29, 0.717) is 33.9 Å². The van der Waals surface area contributed by atoms with E-state index in [9.17, 15) is 4.39 Å². The van der Waals surface area contributed by atoms with Crippen molar-refractivity contribution in [2.24, 2.45) is 5.92 Å². The Morgan fingerprint density at radius 3 is 2.84 bits per heavy atom. The summed E-state index contributed by atoms with van der Waals surface area (Å²) in [5, 5.41) is 4.85. The van der Waals surface area contributed by atoms with Crippen molar-refractivity contribution in [1.82, 2.24) is 9.78 Å². The summed E-state index contributed by atoms with van der Waals surface area (Å²) in [5.41, 5.74) is 7.86. The Morgan fingerprint density at radius 2 is 2.21 bits per heavy atom. The molecule has 19 heavy (non-hydrogen) atoms. The van der Waals surface area contributed by atoms with Gasteiger partial charge in [0.1, 0.15) is 11.5 Å². The first-order valence-corrected chi connectivity index (χ1v) is 6.74. The summed E-state index contributed by atoms with van der Waals surface area (Å²) in [6, 6.07) is 4.60. The maximum Gasteiger partial charge on any atom is 0.124 e.